The Balaban J connectivity index is 1.89. The average Bonchev–Trinajstić information content (AvgIpc) is 2.85. The quantitative estimate of drug-likeness (QED) is 0.733. The molecular weight excluding hydrogens is 304 g/mol. The number of piperazine rings is 1. The van der Waals surface area contributed by atoms with Crippen LogP contribution in [0.4, 0.5) is 4.79 Å². The first-order valence-electron chi connectivity index (χ1n) is 9.60. The monoisotopic (exact) mass is 336 g/mol. The molecule has 0 aromatic heterocycles. The van der Waals surface area contributed by atoms with Crippen molar-refractivity contribution in [2.24, 2.45) is 0 Å². The number of carbonyl (C=O) groups is 2. The molecule has 3 aliphatic rings. The fourth-order valence-corrected chi connectivity index (χ4v) is 4.67. The van der Waals surface area contributed by atoms with Crippen LogP contribution in [0.5, 0.6) is 0 Å². The Morgan fingerprint density at radius 3 is 2.08 bits per heavy atom. The summed E-state index contributed by atoms with van der Waals surface area (Å²) >= 11 is 0. The van der Waals surface area contributed by atoms with E-state index < -0.39 is 11.1 Å². The van der Waals surface area contributed by atoms with Crippen LogP contribution in [0.2, 0.25) is 0 Å². The van der Waals surface area contributed by atoms with Gasteiger partial charge in [-0.05, 0) is 46.5 Å². The molecule has 24 heavy (non-hydrogen) atoms. The second kappa shape index (κ2) is 6.23. The largest absolute Gasteiger partial charge is 0.444 e. The van der Waals surface area contributed by atoms with Crippen molar-refractivity contribution in [3.8, 4) is 0 Å². The Kier molecular flexibility index (Phi) is 4.56. The highest BCUT2D eigenvalue weighted by atomic mass is 16.6. The number of nitrogens with one attached hydrogen (secondary N) is 1. The Hall–Kier alpha value is -1.26. The molecule has 2 saturated carbocycles. The van der Waals surface area contributed by atoms with Crippen molar-refractivity contribution >= 4 is 12.0 Å². The van der Waals surface area contributed by atoms with Crippen LogP contribution in [0.1, 0.15) is 85.0 Å². The molecule has 0 radical (unpaired) electrons. The van der Waals surface area contributed by atoms with E-state index in [2.05, 4.69) is 5.32 Å². The van der Waals surface area contributed by atoms with E-state index in [-0.39, 0.29) is 17.5 Å². The lowest BCUT2D eigenvalue weighted by atomic mass is 9.81. The molecule has 0 bridgehead atoms. The standard InChI is InChI=1S/C19H32N2O3/c1-17(2,3)24-16(23)21-14-18(10-6-4-5-7-11-18)20-15(22)19(21)12-8-9-13-19/h4-14H2,1-3H3,(H,20,22). The van der Waals surface area contributed by atoms with E-state index in [0.29, 0.717) is 6.54 Å². The van der Waals surface area contributed by atoms with E-state index >= 15 is 0 Å². The third-order valence-corrected chi connectivity index (χ3v) is 5.88. The number of rotatable bonds is 0. The van der Waals surface area contributed by atoms with E-state index in [1.807, 2.05) is 20.8 Å². The predicted octanol–water partition coefficient (Wildman–Crippen LogP) is 3.76. The van der Waals surface area contributed by atoms with Gasteiger partial charge in [-0.1, -0.05) is 38.5 Å². The normalized spacial score (nSPS) is 26.3. The summed E-state index contributed by atoms with van der Waals surface area (Å²) in [6.07, 6.45) is 9.81. The molecule has 1 heterocycles. The molecule has 2 aliphatic carbocycles. The molecule has 1 aliphatic heterocycles. The summed E-state index contributed by atoms with van der Waals surface area (Å²) in [6, 6.07) is 0. The maximum atomic E-state index is 13.1. The van der Waals surface area contributed by atoms with Crippen molar-refractivity contribution in [1.82, 2.24) is 10.2 Å². The van der Waals surface area contributed by atoms with E-state index in [4.69, 9.17) is 4.74 Å². The van der Waals surface area contributed by atoms with Crippen molar-refractivity contribution in [1.29, 1.82) is 0 Å². The molecular formula is C19H32N2O3. The second-order valence-electron chi connectivity index (χ2n) is 8.95. The molecule has 0 atom stereocenters. The summed E-state index contributed by atoms with van der Waals surface area (Å²) < 4.78 is 5.68. The SMILES string of the molecule is CC(C)(C)OC(=O)N1CC2(CCCCCC2)NC(=O)C12CCCC2. The summed E-state index contributed by atoms with van der Waals surface area (Å²) in [4.78, 5) is 27.9. The zero-order valence-corrected chi connectivity index (χ0v) is 15.5. The third-order valence-electron chi connectivity index (χ3n) is 5.88. The summed E-state index contributed by atoms with van der Waals surface area (Å²) in [5, 5.41) is 3.36. The summed E-state index contributed by atoms with van der Waals surface area (Å²) in [7, 11) is 0. The Labute approximate surface area is 145 Å². The molecule has 5 heteroatoms. The first-order chi connectivity index (χ1) is 11.3. The number of ether oxygens (including phenoxy) is 1. The van der Waals surface area contributed by atoms with Crippen molar-refractivity contribution in [3.05, 3.63) is 0 Å². The van der Waals surface area contributed by atoms with Crippen molar-refractivity contribution < 1.29 is 14.3 Å². The zero-order chi connectivity index (χ0) is 17.4. The molecule has 2 amide bonds. The first-order valence-corrected chi connectivity index (χ1v) is 9.60. The average molecular weight is 336 g/mol. The number of hydrogen-bond donors (Lipinski definition) is 1. The number of amides is 2. The van der Waals surface area contributed by atoms with Gasteiger partial charge in [0, 0.05) is 6.54 Å². The van der Waals surface area contributed by atoms with Gasteiger partial charge < -0.3 is 10.1 Å². The van der Waals surface area contributed by atoms with Crippen LogP contribution in [0, 0.1) is 0 Å². The van der Waals surface area contributed by atoms with Crippen LogP contribution in [0.3, 0.4) is 0 Å². The topological polar surface area (TPSA) is 58.6 Å². The lowest BCUT2D eigenvalue weighted by Gasteiger charge is -2.52. The highest BCUT2D eigenvalue weighted by Crippen LogP contribution is 2.42. The van der Waals surface area contributed by atoms with Gasteiger partial charge >= 0.3 is 6.09 Å². The van der Waals surface area contributed by atoms with Gasteiger partial charge in [-0.15, -0.1) is 0 Å². The van der Waals surface area contributed by atoms with Gasteiger partial charge in [-0.2, -0.15) is 0 Å². The maximum Gasteiger partial charge on any atom is 0.411 e. The summed E-state index contributed by atoms with van der Waals surface area (Å²) in [6.45, 7) is 6.26. The molecule has 1 saturated heterocycles. The van der Waals surface area contributed by atoms with Gasteiger partial charge in [0.05, 0.1) is 5.54 Å². The van der Waals surface area contributed by atoms with E-state index in [1.165, 1.54) is 12.8 Å². The van der Waals surface area contributed by atoms with Gasteiger partial charge in [-0.25, -0.2) is 4.79 Å². The maximum absolute atomic E-state index is 13.1. The zero-order valence-electron chi connectivity index (χ0n) is 15.5. The molecule has 3 rings (SSSR count). The summed E-state index contributed by atoms with van der Waals surface area (Å²) in [5.74, 6) is 0.0546. The van der Waals surface area contributed by atoms with Crippen molar-refractivity contribution in [3.63, 3.8) is 0 Å². The van der Waals surface area contributed by atoms with Crippen LogP contribution < -0.4 is 5.32 Å². The molecule has 3 fully saturated rings. The lowest BCUT2D eigenvalue weighted by Crippen LogP contribution is -2.73. The highest BCUT2D eigenvalue weighted by Gasteiger charge is 2.56. The Morgan fingerprint density at radius 2 is 1.54 bits per heavy atom. The highest BCUT2D eigenvalue weighted by molar-refractivity contribution is 5.92. The van der Waals surface area contributed by atoms with Gasteiger partial charge in [0.2, 0.25) is 5.91 Å². The van der Waals surface area contributed by atoms with Crippen LogP contribution >= 0.6 is 0 Å². The molecule has 0 aromatic carbocycles. The van der Waals surface area contributed by atoms with Crippen LogP contribution in [-0.4, -0.2) is 40.1 Å². The number of carbonyl (C=O) groups excluding carboxylic acids is 2. The van der Waals surface area contributed by atoms with E-state index in [1.54, 1.807) is 4.90 Å². The first kappa shape index (κ1) is 17.6. The van der Waals surface area contributed by atoms with Gasteiger partial charge in [0.15, 0.2) is 0 Å². The number of hydrogen-bond acceptors (Lipinski definition) is 3. The second-order valence-corrected chi connectivity index (χ2v) is 8.95. The Bertz CT molecular complexity index is 495. The smallest absolute Gasteiger partial charge is 0.411 e. The molecule has 2 spiro atoms. The van der Waals surface area contributed by atoms with E-state index in [0.717, 1.165) is 51.4 Å². The van der Waals surface area contributed by atoms with Crippen LogP contribution in [0.15, 0.2) is 0 Å². The predicted molar refractivity (Wildman–Crippen MR) is 92.7 cm³/mol. The molecule has 136 valence electrons. The van der Waals surface area contributed by atoms with Gasteiger partial charge in [0.25, 0.3) is 0 Å². The minimum atomic E-state index is -0.681. The van der Waals surface area contributed by atoms with Crippen LogP contribution in [0.25, 0.3) is 0 Å². The van der Waals surface area contributed by atoms with Gasteiger partial charge in [-0.3, -0.25) is 9.69 Å². The molecule has 0 unspecified atom stereocenters. The van der Waals surface area contributed by atoms with Crippen molar-refractivity contribution in [2.45, 2.75) is 102 Å². The molecule has 0 aromatic rings. The van der Waals surface area contributed by atoms with Crippen LogP contribution in [-0.2, 0) is 9.53 Å². The minimum absolute atomic E-state index is 0.0546. The lowest BCUT2D eigenvalue weighted by molar-refractivity contribution is -0.143. The van der Waals surface area contributed by atoms with Gasteiger partial charge in [0.1, 0.15) is 11.1 Å². The molecule has 1 N–H and O–H groups in total. The Morgan fingerprint density at radius 1 is 1.00 bits per heavy atom. The summed E-state index contributed by atoms with van der Waals surface area (Å²) in [5.41, 5.74) is -1.47. The number of nitrogens with zero attached hydrogens (tertiary/aromatic N) is 1. The third kappa shape index (κ3) is 3.27. The fraction of sp³-hybridized carbons (Fsp3) is 0.895. The van der Waals surface area contributed by atoms with Crippen molar-refractivity contribution in [2.75, 3.05) is 6.54 Å². The van der Waals surface area contributed by atoms with E-state index in [9.17, 15) is 9.59 Å². The molecule has 5 nitrogen and oxygen atoms in total. The fourth-order valence-electron chi connectivity index (χ4n) is 4.67. The minimum Gasteiger partial charge on any atom is -0.444 e.